The van der Waals surface area contributed by atoms with Gasteiger partial charge >= 0.3 is 6.03 Å². The van der Waals surface area contributed by atoms with Gasteiger partial charge in [-0.1, -0.05) is 46.9 Å². The Morgan fingerprint density at radius 2 is 1.95 bits per heavy atom. The summed E-state index contributed by atoms with van der Waals surface area (Å²) in [5.41, 5.74) is 0.915. The molecule has 1 atom stereocenters. The van der Waals surface area contributed by atoms with Crippen LogP contribution >= 0.6 is 34.8 Å². The monoisotopic (exact) mass is 352 g/mol. The van der Waals surface area contributed by atoms with Crippen molar-refractivity contribution in [3.05, 3.63) is 35.1 Å². The fraction of sp³-hybridized carbons (Fsp3) is 0.500. The number of hydrogen-bond donors (Lipinski definition) is 1. The Hall–Kier alpha value is -0.710. The molecule has 1 fully saturated rings. The van der Waals surface area contributed by atoms with E-state index in [2.05, 4.69) is 5.32 Å². The zero-order valence-corrected chi connectivity index (χ0v) is 13.8. The van der Waals surface area contributed by atoms with Crippen molar-refractivity contribution in [1.82, 2.24) is 10.2 Å². The van der Waals surface area contributed by atoms with Gasteiger partial charge in [-0.05, 0) is 37.0 Å². The molecule has 7 heteroatoms. The van der Waals surface area contributed by atoms with E-state index in [1.54, 1.807) is 24.0 Å². The fourth-order valence-corrected chi connectivity index (χ4v) is 2.82. The quantitative estimate of drug-likeness (QED) is 0.788. The zero-order chi connectivity index (χ0) is 15.6. The Morgan fingerprint density at radius 1 is 1.33 bits per heavy atom. The van der Waals surface area contributed by atoms with E-state index < -0.39 is 15.7 Å². The van der Waals surface area contributed by atoms with Crippen LogP contribution in [0.5, 0.6) is 0 Å². The SMILES string of the molecule is Cc1ccc([C@@H](NC(=O)N2CCCC2)C(Cl)(Cl)Cl)cc1F. The molecular weight excluding hydrogens is 338 g/mol. The van der Waals surface area contributed by atoms with Crippen LogP contribution in [0.15, 0.2) is 18.2 Å². The minimum atomic E-state index is -1.77. The van der Waals surface area contributed by atoms with Gasteiger partial charge in [-0.3, -0.25) is 0 Å². The molecular formula is C14H16Cl3FN2O. The summed E-state index contributed by atoms with van der Waals surface area (Å²) in [5, 5.41) is 2.69. The Balaban J connectivity index is 2.22. The molecule has 0 aliphatic carbocycles. The van der Waals surface area contributed by atoms with Crippen molar-refractivity contribution in [3.8, 4) is 0 Å². The van der Waals surface area contributed by atoms with E-state index in [0.717, 1.165) is 12.8 Å². The lowest BCUT2D eigenvalue weighted by Crippen LogP contribution is -2.43. The number of aryl methyl sites for hydroxylation is 1. The smallest absolute Gasteiger partial charge is 0.318 e. The maximum Gasteiger partial charge on any atom is 0.318 e. The number of nitrogens with one attached hydrogen (secondary N) is 1. The molecule has 0 bridgehead atoms. The van der Waals surface area contributed by atoms with Gasteiger partial charge in [0.15, 0.2) is 0 Å². The number of carbonyl (C=O) groups is 1. The van der Waals surface area contributed by atoms with E-state index in [1.807, 2.05) is 0 Å². The van der Waals surface area contributed by atoms with Crippen LogP contribution in [0.25, 0.3) is 0 Å². The molecule has 1 aromatic carbocycles. The number of benzene rings is 1. The highest BCUT2D eigenvalue weighted by Gasteiger charge is 2.36. The standard InChI is InChI=1S/C14H16Cl3FN2O/c1-9-4-5-10(8-11(9)18)12(14(15,16)17)19-13(21)20-6-2-3-7-20/h4-5,8,12H,2-3,6-7H2,1H3,(H,19,21)/t12-/m1/s1. The molecule has 3 nitrogen and oxygen atoms in total. The molecule has 2 rings (SSSR count). The molecule has 1 N–H and O–H groups in total. The summed E-state index contributed by atoms with van der Waals surface area (Å²) in [7, 11) is 0. The highest BCUT2D eigenvalue weighted by atomic mass is 35.6. The first-order valence-corrected chi connectivity index (χ1v) is 7.80. The highest BCUT2D eigenvalue weighted by molar-refractivity contribution is 6.68. The Bertz CT molecular complexity index is 527. The highest BCUT2D eigenvalue weighted by Crippen LogP contribution is 2.40. The van der Waals surface area contributed by atoms with Gasteiger partial charge in [-0.2, -0.15) is 0 Å². The Labute approximate surface area is 138 Å². The van der Waals surface area contributed by atoms with Gasteiger partial charge < -0.3 is 10.2 Å². The topological polar surface area (TPSA) is 32.3 Å². The van der Waals surface area contributed by atoms with E-state index in [9.17, 15) is 9.18 Å². The van der Waals surface area contributed by atoms with Gasteiger partial charge in [-0.25, -0.2) is 9.18 Å². The maximum atomic E-state index is 13.7. The van der Waals surface area contributed by atoms with Gasteiger partial charge in [0.25, 0.3) is 0 Å². The van der Waals surface area contributed by atoms with E-state index >= 15 is 0 Å². The molecule has 0 radical (unpaired) electrons. The minimum Gasteiger partial charge on any atom is -0.327 e. The van der Waals surface area contributed by atoms with Crippen LogP contribution in [0.2, 0.25) is 0 Å². The van der Waals surface area contributed by atoms with E-state index in [0.29, 0.717) is 24.2 Å². The van der Waals surface area contributed by atoms with Gasteiger partial charge in [0.05, 0.1) is 0 Å². The Morgan fingerprint density at radius 3 is 2.48 bits per heavy atom. The number of alkyl halides is 3. The summed E-state index contributed by atoms with van der Waals surface area (Å²) >= 11 is 17.9. The van der Waals surface area contributed by atoms with Crippen LogP contribution in [0.1, 0.15) is 30.0 Å². The molecule has 2 amide bonds. The molecule has 0 aromatic heterocycles. The van der Waals surface area contributed by atoms with Crippen molar-refractivity contribution in [2.45, 2.75) is 29.6 Å². The van der Waals surface area contributed by atoms with Crippen LogP contribution in [-0.2, 0) is 0 Å². The minimum absolute atomic E-state index is 0.301. The number of rotatable bonds is 2. The number of carbonyl (C=O) groups excluding carboxylic acids is 1. The van der Waals surface area contributed by atoms with Crippen molar-refractivity contribution in [1.29, 1.82) is 0 Å². The first-order chi connectivity index (χ1) is 9.79. The second-order valence-corrected chi connectivity index (χ2v) is 7.50. The molecule has 21 heavy (non-hydrogen) atoms. The molecule has 0 spiro atoms. The van der Waals surface area contributed by atoms with E-state index in [-0.39, 0.29) is 6.03 Å². The third-order valence-corrected chi connectivity index (χ3v) is 4.17. The summed E-state index contributed by atoms with van der Waals surface area (Å²) in [6.45, 7) is 3.01. The fourth-order valence-electron chi connectivity index (χ4n) is 2.28. The number of halogens is 4. The van der Waals surface area contributed by atoms with E-state index in [4.69, 9.17) is 34.8 Å². The van der Waals surface area contributed by atoms with Gasteiger partial charge in [-0.15, -0.1) is 0 Å². The molecule has 116 valence electrons. The lowest BCUT2D eigenvalue weighted by Gasteiger charge is -2.28. The van der Waals surface area contributed by atoms with Crippen molar-refractivity contribution in [2.24, 2.45) is 0 Å². The lowest BCUT2D eigenvalue weighted by atomic mass is 10.1. The average Bonchev–Trinajstić information content (AvgIpc) is 2.92. The summed E-state index contributed by atoms with van der Waals surface area (Å²) in [4.78, 5) is 13.8. The van der Waals surface area contributed by atoms with Crippen LogP contribution in [0.3, 0.4) is 0 Å². The molecule has 1 aliphatic heterocycles. The second kappa shape index (κ2) is 6.59. The summed E-state index contributed by atoms with van der Waals surface area (Å²) in [6.07, 6.45) is 1.93. The number of nitrogens with zero attached hydrogens (tertiary/aromatic N) is 1. The third-order valence-electron chi connectivity index (χ3n) is 3.52. The maximum absolute atomic E-state index is 13.7. The predicted octanol–water partition coefficient (Wildman–Crippen LogP) is 4.35. The third kappa shape index (κ3) is 4.15. The largest absolute Gasteiger partial charge is 0.327 e. The number of urea groups is 1. The Kier molecular flexibility index (Phi) is 5.23. The van der Waals surface area contributed by atoms with Crippen LogP contribution in [0.4, 0.5) is 9.18 Å². The molecule has 1 saturated heterocycles. The molecule has 1 aromatic rings. The van der Waals surface area contributed by atoms with Crippen LogP contribution in [-0.4, -0.2) is 27.8 Å². The summed E-state index contributed by atoms with van der Waals surface area (Å²) in [5.74, 6) is -0.401. The van der Waals surface area contributed by atoms with Crippen molar-refractivity contribution in [3.63, 3.8) is 0 Å². The lowest BCUT2D eigenvalue weighted by molar-refractivity contribution is 0.204. The average molecular weight is 354 g/mol. The van der Waals surface area contributed by atoms with Crippen LogP contribution in [0, 0.1) is 12.7 Å². The number of hydrogen-bond acceptors (Lipinski definition) is 1. The zero-order valence-electron chi connectivity index (χ0n) is 11.5. The molecule has 0 unspecified atom stereocenters. The van der Waals surface area contributed by atoms with Crippen molar-refractivity contribution in [2.75, 3.05) is 13.1 Å². The summed E-state index contributed by atoms with van der Waals surface area (Å²) in [6, 6.07) is 3.31. The van der Waals surface area contributed by atoms with Crippen molar-refractivity contribution < 1.29 is 9.18 Å². The van der Waals surface area contributed by atoms with E-state index in [1.165, 1.54) is 6.07 Å². The molecule has 0 saturated carbocycles. The van der Waals surface area contributed by atoms with Gasteiger partial charge in [0, 0.05) is 13.1 Å². The molecule has 1 aliphatic rings. The summed E-state index contributed by atoms with van der Waals surface area (Å²) < 4.78 is 11.9. The first kappa shape index (κ1) is 16.7. The molecule has 1 heterocycles. The normalized spacial score (nSPS) is 16.9. The predicted molar refractivity (Wildman–Crippen MR) is 83.5 cm³/mol. The number of likely N-dealkylation sites (tertiary alicyclic amines) is 1. The van der Waals surface area contributed by atoms with Crippen LogP contribution < -0.4 is 5.32 Å². The second-order valence-electron chi connectivity index (χ2n) is 5.13. The van der Waals surface area contributed by atoms with Gasteiger partial charge in [0.2, 0.25) is 3.79 Å². The van der Waals surface area contributed by atoms with Crippen molar-refractivity contribution >= 4 is 40.8 Å². The van der Waals surface area contributed by atoms with Gasteiger partial charge in [0.1, 0.15) is 11.9 Å². The number of amides is 2. The first-order valence-electron chi connectivity index (χ1n) is 6.67.